The number of carbonyl (C=O) groups is 2. The fraction of sp³-hybridized carbons (Fsp3) is 0.922. The summed E-state index contributed by atoms with van der Waals surface area (Å²) in [6, 6.07) is -0.633. The molecule has 0 aliphatic heterocycles. The standard InChI is InChI=1S/C77H149NO5/c1-3-5-7-9-11-13-15-17-19-21-23-24-25-28-31-34-37-41-45-49-53-57-61-65-69-75(80)74(73-79)78-76(81)70-66-62-58-54-50-46-42-38-35-32-29-26-27-30-33-36-40-44-48-52-56-60-64-68-72-83-77(82)71-67-63-59-55-51-47-43-39-22-20-18-16-14-12-10-8-6-4-2/h29,32,65,69,74-75,79-80H,3-28,30-31,33-64,66-68,70-73H2,1-2H3,(H,78,81)/b32-29-,69-65+. The second-order valence-corrected chi connectivity index (χ2v) is 26.3. The lowest BCUT2D eigenvalue weighted by atomic mass is 10.0. The Labute approximate surface area is 520 Å². The summed E-state index contributed by atoms with van der Waals surface area (Å²) in [5.41, 5.74) is 0. The number of carbonyl (C=O) groups excluding carboxylic acids is 2. The summed E-state index contributed by atoms with van der Waals surface area (Å²) in [6.07, 6.45) is 92.8. The van der Waals surface area contributed by atoms with Crippen molar-refractivity contribution in [2.24, 2.45) is 0 Å². The van der Waals surface area contributed by atoms with Crippen molar-refractivity contribution in [3.8, 4) is 0 Å². The Morgan fingerprint density at radius 3 is 0.855 bits per heavy atom. The van der Waals surface area contributed by atoms with Crippen molar-refractivity contribution in [2.45, 2.75) is 443 Å². The first-order chi connectivity index (χ1) is 41.0. The average molecular weight is 1170 g/mol. The van der Waals surface area contributed by atoms with Gasteiger partial charge >= 0.3 is 5.97 Å². The molecular weight excluding hydrogens is 1020 g/mol. The van der Waals surface area contributed by atoms with Gasteiger partial charge in [-0.25, -0.2) is 0 Å². The molecule has 0 aromatic heterocycles. The minimum absolute atomic E-state index is 0.0176. The molecule has 0 fully saturated rings. The monoisotopic (exact) mass is 1170 g/mol. The lowest BCUT2D eigenvalue weighted by Gasteiger charge is -2.20. The molecule has 6 nitrogen and oxygen atoms in total. The molecule has 0 aliphatic rings. The van der Waals surface area contributed by atoms with Crippen molar-refractivity contribution in [1.29, 1.82) is 0 Å². The zero-order chi connectivity index (χ0) is 59.9. The molecule has 0 rings (SSSR count). The molecule has 0 aliphatic carbocycles. The molecule has 0 heterocycles. The number of rotatable bonds is 72. The van der Waals surface area contributed by atoms with E-state index in [-0.39, 0.29) is 18.5 Å². The van der Waals surface area contributed by atoms with Crippen molar-refractivity contribution < 1.29 is 24.5 Å². The van der Waals surface area contributed by atoms with E-state index >= 15 is 0 Å². The molecule has 2 atom stereocenters. The molecular formula is C77H149NO5. The number of ether oxygens (including phenoxy) is 1. The van der Waals surface area contributed by atoms with Gasteiger partial charge in [-0.15, -0.1) is 0 Å². The number of amides is 1. The maximum atomic E-state index is 12.5. The van der Waals surface area contributed by atoms with Gasteiger partial charge in [0.2, 0.25) is 5.91 Å². The zero-order valence-electron chi connectivity index (χ0n) is 56.5. The number of aliphatic hydroxyl groups is 2. The van der Waals surface area contributed by atoms with E-state index in [0.29, 0.717) is 19.4 Å². The fourth-order valence-electron chi connectivity index (χ4n) is 12.2. The molecule has 0 saturated carbocycles. The van der Waals surface area contributed by atoms with Crippen LogP contribution in [0.2, 0.25) is 0 Å². The highest BCUT2D eigenvalue weighted by Gasteiger charge is 2.18. The Bertz CT molecular complexity index is 1300. The Hall–Kier alpha value is -1.66. The van der Waals surface area contributed by atoms with Crippen LogP contribution in [-0.4, -0.2) is 47.4 Å². The number of unbranched alkanes of at least 4 members (excludes halogenated alkanes) is 59. The van der Waals surface area contributed by atoms with Gasteiger partial charge < -0.3 is 20.3 Å². The van der Waals surface area contributed by atoms with Crippen molar-refractivity contribution >= 4 is 11.9 Å². The minimum atomic E-state index is -0.849. The van der Waals surface area contributed by atoms with E-state index < -0.39 is 12.1 Å². The van der Waals surface area contributed by atoms with Crippen molar-refractivity contribution in [3.05, 3.63) is 24.3 Å². The molecule has 83 heavy (non-hydrogen) atoms. The van der Waals surface area contributed by atoms with E-state index in [0.717, 1.165) is 38.5 Å². The second-order valence-electron chi connectivity index (χ2n) is 26.3. The van der Waals surface area contributed by atoms with Gasteiger partial charge in [-0.05, 0) is 57.8 Å². The first-order valence-corrected chi connectivity index (χ1v) is 38.1. The van der Waals surface area contributed by atoms with Gasteiger partial charge in [-0.2, -0.15) is 0 Å². The third-order valence-electron chi connectivity index (χ3n) is 18.0. The van der Waals surface area contributed by atoms with Gasteiger partial charge in [0.15, 0.2) is 0 Å². The van der Waals surface area contributed by atoms with Gasteiger partial charge in [0, 0.05) is 12.8 Å². The van der Waals surface area contributed by atoms with Crippen molar-refractivity contribution in [1.82, 2.24) is 5.32 Å². The van der Waals surface area contributed by atoms with E-state index in [2.05, 4.69) is 31.3 Å². The number of hydrogen-bond acceptors (Lipinski definition) is 5. The van der Waals surface area contributed by atoms with E-state index in [4.69, 9.17) is 4.74 Å². The maximum absolute atomic E-state index is 12.5. The number of hydrogen-bond donors (Lipinski definition) is 3. The number of aliphatic hydroxyl groups excluding tert-OH is 2. The topological polar surface area (TPSA) is 95.9 Å². The molecule has 0 radical (unpaired) electrons. The predicted molar refractivity (Wildman–Crippen MR) is 366 cm³/mol. The van der Waals surface area contributed by atoms with Gasteiger partial charge in [-0.1, -0.05) is 385 Å². The first-order valence-electron chi connectivity index (χ1n) is 38.1. The van der Waals surface area contributed by atoms with Crippen LogP contribution in [-0.2, 0) is 14.3 Å². The van der Waals surface area contributed by atoms with E-state index in [1.165, 1.54) is 366 Å². The summed E-state index contributed by atoms with van der Waals surface area (Å²) >= 11 is 0. The zero-order valence-corrected chi connectivity index (χ0v) is 56.5. The number of esters is 1. The predicted octanol–water partition coefficient (Wildman–Crippen LogP) is 24.9. The Balaban J connectivity index is 3.41. The van der Waals surface area contributed by atoms with Crippen LogP contribution < -0.4 is 5.32 Å². The number of allylic oxidation sites excluding steroid dienone is 3. The minimum Gasteiger partial charge on any atom is -0.466 e. The van der Waals surface area contributed by atoms with E-state index in [9.17, 15) is 19.8 Å². The molecule has 0 bridgehead atoms. The average Bonchev–Trinajstić information content (AvgIpc) is 3.49. The Morgan fingerprint density at radius 1 is 0.325 bits per heavy atom. The number of nitrogens with one attached hydrogen (secondary N) is 1. The molecule has 0 spiro atoms. The highest BCUT2D eigenvalue weighted by molar-refractivity contribution is 5.76. The maximum Gasteiger partial charge on any atom is 0.305 e. The van der Waals surface area contributed by atoms with Crippen LogP contribution in [0.3, 0.4) is 0 Å². The quantitative estimate of drug-likeness (QED) is 0.0320. The molecule has 3 N–H and O–H groups in total. The lowest BCUT2D eigenvalue weighted by Crippen LogP contribution is -2.45. The van der Waals surface area contributed by atoms with Crippen LogP contribution in [0, 0.1) is 0 Å². The van der Waals surface area contributed by atoms with Crippen molar-refractivity contribution in [2.75, 3.05) is 13.2 Å². The Kier molecular flexibility index (Phi) is 71.4. The van der Waals surface area contributed by atoms with Gasteiger partial charge in [0.1, 0.15) is 0 Å². The second kappa shape index (κ2) is 72.8. The molecule has 6 heteroatoms. The van der Waals surface area contributed by atoms with Crippen molar-refractivity contribution in [3.63, 3.8) is 0 Å². The van der Waals surface area contributed by atoms with Gasteiger partial charge in [0.05, 0.1) is 25.4 Å². The first kappa shape index (κ1) is 81.3. The summed E-state index contributed by atoms with van der Waals surface area (Å²) in [7, 11) is 0. The normalized spacial score (nSPS) is 12.6. The fourth-order valence-corrected chi connectivity index (χ4v) is 12.2. The summed E-state index contributed by atoms with van der Waals surface area (Å²) in [5.74, 6) is -0.0500. The summed E-state index contributed by atoms with van der Waals surface area (Å²) < 4.78 is 5.51. The van der Waals surface area contributed by atoms with Crippen LogP contribution in [0.5, 0.6) is 0 Å². The van der Waals surface area contributed by atoms with E-state index in [1.807, 2.05) is 6.08 Å². The van der Waals surface area contributed by atoms with Gasteiger partial charge in [-0.3, -0.25) is 9.59 Å². The highest BCUT2D eigenvalue weighted by atomic mass is 16.5. The highest BCUT2D eigenvalue weighted by Crippen LogP contribution is 2.19. The van der Waals surface area contributed by atoms with Crippen LogP contribution in [0.1, 0.15) is 431 Å². The van der Waals surface area contributed by atoms with Crippen LogP contribution in [0.25, 0.3) is 0 Å². The SMILES string of the molecule is CCCCCCCCCCCCCCCCCCCCCCCC/C=C/C(O)C(CO)NC(=O)CCCCCCCCCC/C=C\CCCCCCCCCCCCCCOC(=O)CCCCCCCCCCCCCCCCCCCC. The Morgan fingerprint density at radius 2 is 0.566 bits per heavy atom. The van der Waals surface area contributed by atoms with Crippen LogP contribution in [0.4, 0.5) is 0 Å². The summed E-state index contributed by atoms with van der Waals surface area (Å²) in [6.45, 7) is 4.95. The van der Waals surface area contributed by atoms with Crippen LogP contribution in [0.15, 0.2) is 24.3 Å². The third kappa shape index (κ3) is 69.3. The molecule has 492 valence electrons. The van der Waals surface area contributed by atoms with E-state index in [1.54, 1.807) is 6.08 Å². The molecule has 1 amide bonds. The largest absolute Gasteiger partial charge is 0.466 e. The molecule has 0 aromatic carbocycles. The third-order valence-corrected chi connectivity index (χ3v) is 18.0. The molecule has 2 unspecified atom stereocenters. The van der Waals surface area contributed by atoms with Gasteiger partial charge in [0.25, 0.3) is 0 Å². The smallest absolute Gasteiger partial charge is 0.305 e. The summed E-state index contributed by atoms with van der Waals surface area (Å²) in [4.78, 5) is 24.7. The molecule has 0 aromatic rings. The lowest BCUT2D eigenvalue weighted by molar-refractivity contribution is -0.143. The molecule has 0 saturated heterocycles. The van der Waals surface area contributed by atoms with Crippen LogP contribution >= 0.6 is 0 Å². The summed E-state index contributed by atoms with van der Waals surface area (Å²) in [5, 5.41) is 23.3.